The minimum Gasteiger partial charge on any atom is -0.465 e. The lowest BCUT2D eigenvalue weighted by Gasteiger charge is -2.15. The third-order valence-electron chi connectivity index (χ3n) is 3.14. The van der Waals surface area contributed by atoms with Crippen molar-refractivity contribution in [1.82, 2.24) is 0 Å². The minimum absolute atomic E-state index is 0.185. The van der Waals surface area contributed by atoms with Crippen molar-refractivity contribution in [2.75, 3.05) is 13.2 Å². The standard InChI is InChI=1S/C12H22N2O8/c1-9(2)10(3)12(15)20-7-5-4-6-11(22-14(18)19)8-21-13(16)17/h9-11H,4-8H2,1-3H3/t10-,11+/m0/s1. The number of unbranched alkanes of at least 4 members (excludes halogenated alkanes) is 1. The summed E-state index contributed by atoms with van der Waals surface area (Å²) < 4.78 is 5.07. The molecular formula is C12H22N2O8. The van der Waals surface area contributed by atoms with E-state index in [0.717, 1.165) is 0 Å². The van der Waals surface area contributed by atoms with E-state index in [1.165, 1.54) is 0 Å². The Morgan fingerprint density at radius 2 is 1.73 bits per heavy atom. The lowest BCUT2D eigenvalue weighted by atomic mass is 9.99. The highest BCUT2D eigenvalue weighted by atomic mass is 17.0. The van der Waals surface area contributed by atoms with Crippen LogP contribution in [0, 0.1) is 32.1 Å². The van der Waals surface area contributed by atoms with Crippen LogP contribution in [-0.2, 0) is 19.2 Å². The van der Waals surface area contributed by atoms with Gasteiger partial charge in [-0.05, 0) is 25.2 Å². The molecule has 0 spiro atoms. The number of hydrogen-bond donors (Lipinski definition) is 0. The van der Waals surface area contributed by atoms with Gasteiger partial charge in [0, 0.05) is 0 Å². The van der Waals surface area contributed by atoms with E-state index >= 15 is 0 Å². The number of carbonyl (C=O) groups is 1. The second-order valence-electron chi connectivity index (χ2n) is 5.17. The zero-order valence-electron chi connectivity index (χ0n) is 12.9. The predicted octanol–water partition coefficient (Wildman–Crippen LogP) is 1.78. The van der Waals surface area contributed by atoms with Crippen LogP contribution in [0.3, 0.4) is 0 Å². The normalized spacial score (nSPS) is 13.3. The van der Waals surface area contributed by atoms with E-state index < -0.39 is 22.9 Å². The summed E-state index contributed by atoms with van der Waals surface area (Å²) >= 11 is 0. The molecule has 0 N–H and O–H groups in total. The molecule has 0 aliphatic rings. The van der Waals surface area contributed by atoms with Crippen molar-refractivity contribution in [3.8, 4) is 0 Å². The van der Waals surface area contributed by atoms with Crippen LogP contribution >= 0.6 is 0 Å². The van der Waals surface area contributed by atoms with E-state index in [9.17, 15) is 25.0 Å². The molecule has 22 heavy (non-hydrogen) atoms. The summed E-state index contributed by atoms with van der Waals surface area (Å²) in [5.41, 5.74) is 0. The van der Waals surface area contributed by atoms with E-state index in [1.54, 1.807) is 6.92 Å². The van der Waals surface area contributed by atoms with Gasteiger partial charge < -0.3 is 14.4 Å². The summed E-state index contributed by atoms with van der Waals surface area (Å²) in [5.74, 6) is -0.298. The quantitative estimate of drug-likeness (QED) is 0.230. The van der Waals surface area contributed by atoms with E-state index in [0.29, 0.717) is 12.8 Å². The summed E-state index contributed by atoms with van der Waals surface area (Å²) in [6.07, 6.45) is 0.0902. The fourth-order valence-corrected chi connectivity index (χ4v) is 1.48. The summed E-state index contributed by atoms with van der Waals surface area (Å²) in [6.45, 7) is 5.29. The number of rotatable bonds is 12. The maximum absolute atomic E-state index is 11.6. The van der Waals surface area contributed by atoms with Gasteiger partial charge in [0.25, 0.3) is 10.2 Å². The molecule has 0 fully saturated rings. The third-order valence-corrected chi connectivity index (χ3v) is 3.14. The topological polar surface area (TPSA) is 131 Å². The maximum Gasteiger partial charge on any atom is 0.308 e. The van der Waals surface area contributed by atoms with Gasteiger partial charge in [0.15, 0.2) is 0 Å². The predicted molar refractivity (Wildman–Crippen MR) is 73.6 cm³/mol. The van der Waals surface area contributed by atoms with E-state index in [1.807, 2.05) is 13.8 Å². The number of esters is 1. The highest BCUT2D eigenvalue weighted by Gasteiger charge is 2.18. The van der Waals surface area contributed by atoms with Crippen LogP contribution in [0.15, 0.2) is 0 Å². The molecular weight excluding hydrogens is 300 g/mol. The van der Waals surface area contributed by atoms with Crippen molar-refractivity contribution in [2.45, 2.75) is 46.1 Å². The van der Waals surface area contributed by atoms with Crippen LogP contribution in [-0.4, -0.2) is 35.5 Å². The smallest absolute Gasteiger partial charge is 0.308 e. The van der Waals surface area contributed by atoms with Crippen molar-refractivity contribution < 1.29 is 29.4 Å². The molecule has 0 aromatic carbocycles. The first-order valence-electron chi connectivity index (χ1n) is 6.99. The molecule has 2 atom stereocenters. The fourth-order valence-electron chi connectivity index (χ4n) is 1.48. The molecule has 0 heterocycles. The Bertz CT molecular complexity index is 374. The molecule has 0 bridgehead atoms. The summed E-state index contributed by atoms with van der Waals surface area (Å²) in [5, 5.41) is 18.3. The van der Waals surface area contributed by atoms with Crippen molar-refractivity contribution in [3.05, 3.63) is 20.2 Å². The van der Waals surface area contributed by atoms with E-state index in [4.69, 9.17) is 4.74 Å². The Morgan fingerprint density at radius 3 is 2.23 bits per heavy atom. The molecule has 0 aromatic heterocycles. The van der Waals surface area contributed by atoms with Crippen LogP contribution < -0.4 is 0 Å². The molecule has 0 saturated heterocycles. The molecule has 0 amide bonds. The summed E-state index contributed by atoms with van der Waals surface area (Å²) in [6, 6.07) is 0. The zero-order valence-corrected chi connectivity index (χ0v) is 12.9. The zero-order chi connectivity index (χ0) is 17.1. The summed E-state index contributed by atoms with van der Waals surface area (Å²) in [4.78, 5) is 40.2. The van der Waals surface area contributed by atoms with E-state index in [-0.39, 0.29) is 30.8 Å². The third kappa shape index (κ3) is 9.72. The Kier molecular flexibility index (Phi) is 9.55. The van der Waals surface area contributed by atoms with E-state index in [2.05, 4.69) is 9.68 Å². The van der Waals surface area contributed by atoms with Gasteiger partial charge in [0.05, 0.1) is 12.5 Å². The number of nitrogens with zero attached hydrogens (tertiary/aromatic N) is 2. The number of carbonyl (C=O) groups excluding carboxylic acids is 1. The van der Waals surface area contributed by atoms with Gasteiger partial charge in [-0.25, -0.2) is 0 Å². The maximum atomic E-state index is 11.6. The van der Waals surface area contributed by atoms with Gasteiger partial charge in [0.2, 0.25) is 0 Å². The Balaban J connectivity index is 3.94. The van der Waals surface area contributed by atoms with Crippen LogP contribution in [0.1, 0.15) is 40.0 Å². The first-order valence-corrected chi connectivity index (χ1v) is 6.99. The van der Waals surface area contributed by atoms with Gasteiger partial charge in [0.1, 0.15) is 12.7 Å². The largest absolute Gasteiger partial charge is 0.465 e. The lowest BCUT2D eigenvalue weighted by molar-refractivity contribution is -0.790. The average Bonchev–Trinajstić information content (AvgIpc) is 2.42. The molecule has 0 aliphatic heterocycles. The average molecular weight is 322 g/mol. The highest BCUT2D eigenvalue weighted by Crippen LogP contribution is 2.12. The van der Waals surface area contributed by atoms with Crippen molar-refractivity contribution in [3.63, 3.8) is 0 Å². The van der Waals surface area contributed by atoms with Gasteiger partial charge in [-0.15, -0.1) is 20.2 Å². The minimum atomic E-state index is -1.04. The molecule has 0 radical (unpaired) electrons. The molecule has 10 nitrogen and oxygen atoms in total. The second-order valence-corrected chi connectivity index (χ2v) is 5.17. The Labute approximate surface area is 127 Å². The molecule has 0 unspecified atom stereocenters. The molecule has 0 aliphatic carbocycles. The van der Waals surface area contributed by atoms with Crippen LogP contribution in [0.2, 0.25) is 0 Å². The Hall–Kier alpha value is -2.13. The van der Waals surface area contributed by atoms with Crippen molar-refractivity contribution in [1.29, 1.82) is 0 Å². The monoisotopic (exact) mass is 322 g/mol. The van der Waals surface area contributed by atoms with Gasteiger partial charge in [-0.2, -0.15) is 0 Å². The molecule has 10 heteroatoms. The van der Waals surface area contributed by atoms with Crippen LogP contribution in [0.4, 0.5) is 0 Å². The number of ether oxygens (including phenoxy) is 1. The number of hydrogen-bond acceptors (Lipinski definition) is 8. The molecule has 0 rings (SSSR count). The molecule has 0 aromatic rings. The van der Waals surface area contributed by atoms with Gasteiger partial charge in [-0.1, -0.05) is 20.8 Å². The van der Waals surface area contributed by atoms with Crippen LogP contribution in [0.5, 0.6) is 0 Å². The highest BCUT2D eigenvalue weighted by molar-refractivity contribution is 5.72. The Morgan fingerprint density at radius 1 is 1.09 bits per heavy atom. The van der Waals surface area contributed by atoms with Crippen LogP contribution in [0.25, 0.3) is 0 Å². The summed E-state index contributed by atoms with van der Waals surface area (Å²) in [7, 11) is 0. The van der Waals surface area contributed by atoms with Gasteiger partial charge >= 0.3 is 5.97 Å². The first-order chi connectivity index (χ1) is 10.2. The second kappa shape index (κ2) is 10.6. The van der Waals surface area contributed by atoms with Crippen molar-refractivity contribution >= 4 is 5.97 Å². The lowest BCUT2D eigenvalue weighted by Crippen LogP contribution is -2.25. The van der Waals surface area contributed by atoms with Crippen molar-refractivity contribution in [2.24, 2.45) is 11.8 Å². The fraction of sp³-hybridized carbons (Fsp3) is 0.917. The van der Waals surface area contributed by atoms with Gasteiger partial charge in [-0.3, -0.25) is 4.79 Å². The molecule has 128 valence electrons. The molecule has 0 saturated carbocycles. The first kappa shape index (κ1) is 19.9. The SMILES string of the molecule is CC(C)[C@H](C)C(=O)OCCCC[C@H](CO[N+](=O)[O-])O[N+](=O)[O-].